The molecule has 6 heteroatoms. The van der Waals surface area contributed by atoms with Crippen molar-refractivity contribution in [3.05, 3.63) is 60.3 Å². The number of carbonyl (C=O) groups is 1. The summed E-state index contributed by atoms with van der Waals surface area (Å²) in [5.74, 6) is -0.137. The Morgan fingerprint density at radius 2 is 1.97 bits per heavy atom. The third-order valence-electron chi connectivity index (χ3n) is 5.57. The lowest BCUT2D eigenvalue weighted by Crippen LogP contribution is -2.48. The third-order valence-corrected chi connectivity index (χ3v) is 5.57. The van der Waals surface area contributed by atoms with Crippen LogP contribution in [-0.4, -0.2) is 42.8 Å². The van der Waals surface area contributed by atoms with E-state index in [1.807, 2.05) is 42.5 Å². The third kappa shape index (κ3) is 3.77. The maximum atomic E-state index is 13.3. The Kier molecular flexibility index (Phi) is 5.23. The molecule has 0 bridgehead atoms. The van der Waals surface area contributed by atoms with Gasteiger partial charge in [0.1, 0.15) is 12.2 Å². The van der Waals surface area contributed by atoms with Crippen LogP contribution in [0.2, 0.25) is 0 Å². The molecule has 1 fully saturated rings. The number of rotatable bonds is 4. The molecule has 154 valence electrons. The van der Waals surface area contributed by atoms with Gasteiger partial charge in [-0.2, -0.15) is 5.26 Å². The maximum Gasteiger partial charge on any atom is 0.274 e. The summed E-state index contributed by atoms with van der Waals surface area (Å²) in [6.07, 6.45) is 0. The molecule has 6 nitrogen and oxygen atoms in total. The highest BCUT2D eigenvalue weighted by Gasteiger charge is 2.28. The summed E-state index contributed by atoms with van der Waals surface area (Å²) in [6, 6.07) is 19.8. The number of amides is 1. The maximum absolute atomic E-state index is 13.3. The van der Waals surface area contributed by atoms with E-state index >= 15 is 0 Å². The van der Waals surface area contributed by atoms with Crippen LogP contribution in [0.15, 0.2) is 54.6 Å². The van der Waals surface area contributed by atoms with Crippen LogP contribution in [0.5, 0.6) is 0 Å². The van der Waals surface area contributed by atoms with Crippen LogP contribution in [0.1, 0.15) is 24.3 Å². The second-order valence-corrected chi connectivity index (χ2v) is 8.25. The number of morpholine rings is 1. The summed E-state index contributed by atoms with van der Waals surface area (Å²) < 4.78 is 7.62. The topological polar surface area (TPSA) is 61.5 Å². The molecule has 4 rings (SSSR count). The lowest BCUT2D eigenvalue weighted by atomic mass is 10.1. The number of nitrogens with zero attached hydrogens (tertiary/aromatic N) is 4. The van der Waals surface area contributed by atoms with Gasteiger partial charge in [0, 0.05) is 42.4 Å². The largest absolute Gasteiger partial charge is 0.372 e. The molecular formula is C24H26N4O2. The first-order valence-electron chi connectivity index (χ1n) is 10.1. The highest BCUT2D eigenvalue weighted by molar-refractivity contribution is 6.08. The average Bonchev–Trinajstić information content (AvgIpc) is 3.10. The zero-order chi connectivity index (χ0) is 21.3. The first kappa shape index (κ1) is 20.0. The summed E-state index contributed by atoms with van der Waals surface area (Å²) >= 11 is 0. The highest BCUT2D eigenvalue weighted by Crippen LogP contribution is 2.29. The molecule has 1 amide bonds. The zero-order valence-electron chi connectivity index (χ0n) is 17.6. The van der Waals surface area contributed by atoms with E-state index in [4.69, 9.17) is 4.74 Å². The van der Waals surface area contributed by atoms with Crippen molar-refractivity contribution in [2.45, 2.75) is 26.0 Å². The molecule has 1 aromatic heterocycles. The predicted octanol–water partition coefficient (Wildman–Crippen LogP) is 4.06. The van der Waals surface area contributed by atoms with Crippen molar-refractivity contribution < 1.29 is 9.53 Å². The van der Waals surface area contributed by atoms with Crippen molar-refractivity contribution in [3.8, 4) is 6.07 Å². The Morgan fingerprint density at radius 3 is 2.67 bits per heavy atom. The van der Waals surface area contributed by atoms with Gasteiger partial charge in [-0.15, -0.1) is 0 Å². The van der Waals surface area contributed by atoms with Gasteiger partial charge in [0.2, 0.25) is 0 Å². The van der Waals surface area contributed by atoms with Crippen LogP contribution in [-0.2, 0) is 11.3 Å². The molecule has 0 saturated carbocycles. The number of aromatic nitrogens is 1. The molecule has 1 saturated heterocycles. The summed E-state index contributed by atoms with van der Waals surface area (Å²) in [7, 11) is 1.76. The Labute approximate surface area is 176 Å². The predicted molar refractivity (Wildman–Crippen MR) is 119 cm³/mol. The lowest BCUT2D eigenvalue weighted by Gasteiger charge is -2.39. The van der Waals surface area contributed by atoms with E-state index in [9.17, 15) is 10.1 Å². The molecule has 2 heterocycles. The molecule has 0 aliphatic carbocycles. The lowest BCUT2D eigenvalue weighted by molar-refractivity contribution is -0.0276. The number of fused-ring (bicyclic) bond motifs is 1. The zero-order valence-corrected chi connectivity index (χ0v) is 17.6. The van der Waals surface area contributed by atoms with E-state index in [1.165, 1.54) is 0 Å². The second-order valence-electron chi connectivity index (χ2n) is 8.25. The van der Waals surface area contributed by atoms with E-state index < -0.39 is 0 Å². The van der Waals surface area contributed by atoms with Gasteiger partial charge in [-0.25, -0.2) is 0 Å². The van der Waals surface area contributed by atoms with E-state index in [0.717, 1.165) is 35.4 Å². The summed E-state index contributed by atoms with van der Waals surface area (Å²) in [5.41, 5.74) is 3.12. The van der Waals surface area contributed by atoms with E-state index in [-0.39, 0.29) is 18.1 Å². The Hall–Kier alpha value is -3.30. The Bertz CT molecular complexity index is 1110. The number of hydrogen-bond acceptors (Lipinski definition) is 4. The average molecular weight is 402 g/mol. The smallest absolute Gasteiger partial charge is 0.274 e. The molecule has 30 heavy (non-hydrogen) atoms. The number of hydrogen-bond donors (Lipinski definition) is 0. The molecule has 0 radical (unpaired) electrons. The van der Waals surface area contributed by atoms with E-state index in [2.05, 4.69) is 36.9 Å². The second kappa shape index (κ2) is 7.85. The minimum absolute atomic E-state index is 0.122. The molecule has 0 spiro atoms. The van der Waals surface area contributed by atoms with Gasteiger partial charge in [0.25, 0.3) is 5.91 Å². The van der Waals surface area contributed by atoms with Gasteiger partial charge in [-0.3, -0.25) is 4.79 Å². The molecule has 0 N–H and O–H groups in total. The van der Waals surface area contributed by atoms with Crippen LogP contribution in [0.3, 0.4) is 0 Å². The first-order valence-corrected chi connectivity index (χ1v) is 10.1. The van der Waals surface area contributed by atoms with E-state index in [0.29, 0.717) is 12.3 Å². The first-order chi connectivity index (χ1) is 14.4. The van der Waals surface area contributed by atoms with Gasteiger partial charge in [-0.1, -0.05) is 18.2 Å². The van der Waals surface area contributed by atoms with Crippen LogP contribution in [0.4, 0.5) is 11.4 Å². The molecule has 1 aliphatic heterocycles. The van der Waals surface area contributed by atoms with Gasteiger partial charge < -0.3 is 19.1 Å². The van der Waals surface area contributed by atoms with Crippen LogP contribution in [0.25, 0.3) is 10.9 Å². The van der Waals surface area contributed by atoms with Crippen molar-refractivity contribution in [2.24, 2.45) is 0 Å². The molecule has 0 unspecified atom stereocenters. The number of carbonyl (C=O) groups excluding carboxylic acids is 1. The quantitative estimate of drug-likeness (QED) is 0.660. The molecule has 3 aromatic rings. The summed E-state index contributed by atoms with van der Waals surface area (Å²) in [4.78, 5) is 17.2. The molecule has 0 atom stereocenters. The number of para-hydroxylation sites is 1. The van der Waals surface area contributed by atoms with Crippen LogP contribution >= 0.6 is 0 Å². The van der Waals surface area contributed by atoms with Gasteiger partial charge >= 0.3 is 0 Å². The SMILES string of the molecule is CN(C(=O)c1cc2cc(N3CCOC(C)(C)C3)ccc2n1CC#N)c1ccccc1. The van der Waals surface area contributed by atoms with Crippen molar-refractivity contribution in [2.75, 3.05) is 36.5 Å². The molecule has 1 aliphatic rings. The fraction of sp³-hybridized carbons (Fsp3) is 0.333. The number of nitriles is 1. The Balaban J connectivity index is 1.72. The number of benzene rings is 2. The molecule has 2 aromatic carbocycles. The summed E-state index contributed by atoms with van der Waals surface area (Å²) in [5, 5.41) is 10.3. The number of ether oxygens (including phenoxy) is 1. The van der Waals surface area contributed by atoms with Crippen molar-refractivity contribution in [3.63, 3.8) is 0 Å². The normalized spacial score (nSPS) is 15.7. The van der Waals surface area contributed by atoms with Gasteiger partial charge in [0.05, 0.1) is 18.3 Å². The summed E-state index contributed by atoms with van der Waals surface area (Å²) in [6.45, 7) is 6.63. The Morgan fingerprint density at radius 1 is 1.20 bits per heavy atom. The van der Waals surface area contributed by atoms with Crippen molar-refractivity contribution in [1.29, 1.82) is 5.26 Å². The monoisotopic (exact) mass is 402 g/mol. The highest BCUT2D eigenvalue weighted by atomic mass is 16.5. The van der Waals surface area contributed by atoms with Crippen molar-refractivity contribution in [1.82, 2.24) is 4.57 Å². The van der Waals surface area contributed by atoms with Crippen LogP contribution in [0, 0.1) is 11.3 Å². The van der Waals surface area contributed by atoms with Gasteiger partial charge in [0.15, 0.2) is 0 Å². The minimum atomic E-state index is -0.195. The van der Waals surface area contributed by atoms with Crippen LogP contribution < -0.4 is 9.80 Å². The fourth-order valence-corrected chi connectivity index (χ4v) is 4.05. The molecular weight excluding hydrogens is 376 g/mol. The van der Waals surface area contributed by atoms with E-state index in [1.54, 1.807) is 16.5 Å². The van der Waals surface area contributed by atoms with Crippen molar-refractivity contribution >= 4 is 28.2 Å². The van der Waals surface area contributed by atoms with Gasteiger partial charge in [-0.05, 0) is 50.2 Å². The minimum Gasteiger partial charge on any atom is -0.372 e. The number of anilines is 2. The standard InChI is InChI=1S/C24H26N4O2/c1-24(2)17-27(13-14-30-24)20-9-10-21-18(15-20)16-22(28(21)12-11-25)23(29)26(3)19-7-5-4-6-8-19/h4-10,15-16H,12-14,17H2,1-3H3. The fourth-order valence-electron chi connectivity index (χ4n) is 4.05.